The number of nitrogens with zero attached hydrogens (tertiary/aromatic N) is 2. The SMILES string of the molecule is CS(=O)(=O)CCC(NC(=O)N(CCC#N)C1CC1)C(=O)O. The lowest BCUT2D eigenvalue weighted by Crippen LogP contribution is -2.49. The van der Waals surface area contributed by atoms with Gasteiger partial charge >= 0.3 is 12.0 Å². The zero-order chi connectivity index (χ0) is 16.0. The lowest BCUT2D eigenvalue weighted by Gasteiger charge is -2.24. The first-order chi connectivity index (χ1) is 9.74. The second kappa shape index (κ2) is 7.26. The highest BCUT2D eigenvalue weighted by Crippen LogP contribution is 2.27. The van der Waals surface area contributed by atoms with E-state index >= 15 is 0 Å². The van der Waals surface area contributed by atoms with Crippen molar-refractivity contribution in [3.8, 4) is 6.07 Å². The summed E-state index contributed by atoms with van der Waals surface area (Å²) in [6.45, 7) is 0.241. The molecule has 0 heterocycles. The summed E-state index contributed by atoms with van der Waals surface area (Å²) in [5.74, 6) is -1.59. The quantitative estimate of drug-likeness (QED) is 0.646. The predicted molar refractivity (Wildman–Crippen MR) is 74.2 cm³/mol. The number of carboxylic acid groups (broad SMARTS) is 1. The van der Waals surface area contributed by atoms with E-state index in [-0.39, 0.29) is 31.2 Å². The normalized spacial score (nSPS) is 15.8. The number of carboxylic acids is 1. The fourth-order valence-electron chi connectivity index (χ4n) is 1.83. The molecule has 1 saturated carbocycles. The Morgan fingerprint density at radius 2 is 2.10 bits per heavy atom. The van der Waals surface area contributed by atoms with Crippen LogP contribution >= 0.6 is 0 Å². The first kappa shape index (κ1) is 17.2. The maximum Gasteiger partial charge on any atom is 0.326 e. The summed E-state index contributed by atoms with van der Waals surface area (Å²) in [4.78, 5) is 24.6. The summed E-state index contributed by atoms with van der Waals surface area (Å²) in [6, 6.07) is 0.168. The third kappa shape index (κ3) is 6.44. The third-order valence-electron chi connectivity index (χ3n) is 3.09. The molecule has 8 nitrogen and oxygen atoms in total. The van der Waals surface area contributed by atoms with Gasteiger partial charge in [-0.2, -0.15) is 5.26 Å². The van der Waals surface area contributed by atoms with Crippen LogP contribution in [0.1, 0.15) is 25.7 Å². The second-order valence-corrected chi connectivity index (χ2v) is 7.35. The first-order valence-electron chi connectivity index (χ1n) is 6.59. The smallest absolute Gasteiger partial charge is 0.326 e. The number of nitriles is 1. The maximum atomic E-state index is 12.1. The number of carbonyl (C=O) groups excluding carboxylic acids is 1. The molecule has 1 fully saturated rings. The molecule has 2 amide bonds. The average Bonchev–Trinajstić information content (AvgIpc) is 3.17. The zero-order valence-electron chi connectivity index (χ0n) is 11.8. The zero-order valence-corrected chi connectivity index (χ0v) is 12.6. The molecule has 0 spiro atoms. The van der Waals surface area contributed by atoms with Crippen molar-refractivity contribution in [1.29, 1.82) is 5.26 Å². The minimum absolute atomic E-state index is 0.0442. The van der Waals surface area contributed by atoms with Crippen LogP contribution < -0.4 is 5.32 Å². The molecule has 1 aliphatic rings. The van der Waals surface area contributed by atoms with Gasteiger partial charge < -0.3 is 15.3 Å². The van der Waals surface area contributed by atoms with E-state index in [1.165, 1.54) is 4.90 Å². The van der Waals surface area contributed by atoms with Gasteiger partial charge in [-0.1, -0.05) is 0 Å². The standard InChI is InChI=1S/C12H19N3O5S/c1-21(19,20)8-5-10(11(16)17)14-12(18)15(7-2-6-13)9-3-4-9/h9-10H,2-5,7-8H2,1H3,(H,14,18)(H,16,17). The van der Waals surface area contributed by atoms with Crippen molar-refractivity contribution in [2.24, 2.45) is 0 Å². The van der Waals surface area contributed by atoms with E-state index in [9.17, 15) is 18.0 Å². The van der Waals surface area contributed by atoms with Crippen LogP contribution in [0.3, 0.4) is 0 Å². The molecule has 2 N–H and O–H groups in total. The summed E-state index contributed by atoms with van der Waals surface area (Å²) in [5.41, 5.74) is 0. The van der Waals surface area contributed by atoms with Crippen LogP contribution in [-0.2, 0) is 14.6 Å². The Labute approximate surface area is 123 Å². The van der Waals surface area contributed by atoms with Gasteiger partial charge in [-0.25, -0.2) is 18.0 Å². The Bertz CT molecular complexity index is 536. The molecule has 9 heteroatoms. The van der Waals surface area contributed by atoms with Crippen molar-refractivity contribution in [1.82, 2.24) is 10.2 Å². The summed E-state index contributed by atoms with van der Waals surface area (Å²) in [5, 5.41) is 20.0. The van der Waals surface area contributed by atoms with Gasteiger partial charge in [0.1, 0.15) is 15.9 Å². The lowest BCUT2D eigenvalue weighted by molar-refractivity contribution is -0.139. The Morgan fingerprint density at radius 3 is 2.52 bits per heavy atom. The van der Waals surface area contributed by atoms with Crippen LogP contribution in [0.5, 0.6) is 0 Å². The predicted octanol–water partition coefficient (Wildman–Crippen LogP) is -0.0380. The Hall–Kier alpha value is -1.82. The monoisotopic (exact) mass is 317 g/mol. The number of aliphatic carboxylic acids is 1. The number of carbonyl (C=O) groups is 2. The van der Waals surface area contributed by atoms with Gasteiger partial charge in [0.15, 0.2) is 0 Å². The van der Waals surface area contributed by atoms with E-state index in [1.54, 1.807) is 0 Å². The largest absolute Gasteiger partial charge is 0.480 e. The molecule has 118 valence electrons. The van der Waals surface area contributed by atoms with Crippen LogP contribution in [0.25, 0.3) is 0 Å². The van der Waals surface area contributed by atoms with Crippen LogP contribution in [0.4, 0.5) is 4.79 Å². The second-order valence-electron chi connectivity index (χ2n) is 5.09. The third-order valence-corrected chi connectivity index (χ3v) is 4.06. The molecule has 0 radical (unpaired) electrons. The van der Waals surface area contributed by atoms with E-state index in [0.29, 0.717) is 0 Å². The van der Waals surface area contributed by atoms with Crippen LogP contribution in [0.2, 0.25) is 0 Å². The van der Waals surface area contributed by atoms with E-state index in [0.717, 1.165) is 19.1 Å². The van der Waals surface area contributed by atoms with E-state index < -0.39 is 27.9 Å². The molecule has 0 bridgehead atoms. The van der Waals surface area contributed by atoms with Crippen molar-refractivity contribution < 1.29 is 23.1 Å². The highest BCUT2D eigenvalue weighted by molar-refractivity contribution is 7.90. The minimum Gasteiger partial charge on any atom is -0.480 e. The number of hydrogen-bond donors (Lipinski definition) is 2. The Kier molecular flexibility index (Phi) is 5.96. The number of amides is 2. The van der Waals surface area contributed by atoms with Crippen LogP contribution in [0.15, 0.2) is 0 Å². The number of urea groups is 1. The summed E-state index contributed by atoms with van der Waals surface area (Å²) in [7, 11) is -3.30. The van der Waals surface area contributed by atoms with Gasteiger partial charge in [-0.15, -0.1) is 0 Å². The summed E-state index contributed by atoms with van der Waals surface area (Å²) < 4.78 is 22.2. The highest BCUT2D eigenvalue weighted by atomic mass is 32.2. The Balaban J connectivity index is 2.62. The van der Waals surface area contributed by atoms with Gasteiger partial charge in [0.25, 0.3) is 0 Å². The van der Waals surface area contributed by atoms with Crippen molar-refractivity contribution in [2.45, 2.75) is 37.8 Å². The molecule has 1 unspecified atom stereocenters. The van der Waals surface area contributed by atoms with Crippen LogP contribution in [0, 0.1) is 11.3 Å². The molecular weight excluding hydrogens is 298 g/mol. The number of rotatable bonds is 8. The molecular formula is C12H19N3O5S. The molecule has 21 heavy (non-hydrogen) atoms. The number of nitrogens with one attached hydrogen (secondary N) is 1. The highest BCUT2D eigenvalue weighted by Gasteiger charge is 2.34. The molecule has 1 atom stereocenters. The molecule has 0 aliphatic heterocycles. The molecule has 1 rings (SSSR count). The summed E-state index contributed by atoms with van der Waals surface area (Å²) >= 11 is 0. The van der Waals surface area contributed by atoms with Gasteiger partial charge in [0.05, 0.1) is 18.2 Å². The van der Waals surface area contributed by atoms with E-state index in [4.69, 9.17) is 10.4 Å². The van der Waals surface area contributed by atoms with Crippen molar-refractivity contribution in [3.63, 3.8) is 0 Å². The molecule has 0 aromatic rings. The lowest BCUT2D eigenvalue weighted by atomic mass is 10.2. The fourth-order valence-corrected chi connectivity index (χ4v) is 2.49. The topological polar surface area (TPSA) is 128 Å². The average molecular weight is 317 g/mol. The Morgan fingerprint density at radius 1 is 1.48 bits per heavy atom. The molecule has 0 aromatic heterocycles. The van der Waals surface area contributed by atoms with E-state index in [2.05, 4.69) is 5.32 Å². The first-order valence-corrected chi connectivity index (χ1v) is 8.65. The molecule has 1 aliphatic carbocycles. The van der Waals surface area contributed by atoms with Gasteiger partial charge in [0.2, 0.25) is 0 Å². The van der Waals surface area contributed by atoms with Crippen molar-refractivity contribution in [2.75, 3.05) is 18.6 Å². The number of hydrogen-bond acceptors (Lipinski definition) is 5. The molecule has 0 aromatic carbocycles. The molecule has 0 saturated heterocycles. The van der Waals surface area contributed by atoms with Gasteiger partial charge in [-0.3, -0.25) is 0 Å². The van der Waals surface area contributed by atoms with Crippen LogP contribution in [-0.4, -0.2) is 61.1 Å². The van der Waals surface area contributed by atoms with Crippen molar-refractivity contribution in [3.05, 3.63) is 0 Å². The summed E-state index contributed by atoms with van der Waals surface area (Å²) in [6.07, 6.45) is 2.67. The van der Waals surface area contributed by atoms with Gasteiger partial charge in [-0.05, 0) is 19.3 Å². The minimum atomic E-state index is -3.30. The van der Waals surface area contributed by atoms with Crippen molar-refractivity contribution >= 4 is 21.8 Å². The van der Waals surface area contributed by atoms with Gasteiger partial charge in [0, 0.05) is 18.8 Å². The fraction of sp³-hybridized carbons (Fsp3) is 0.750. The number of sulfone groups is 1. The van der Waals surface area contributed by atoms with E-state index in [1.807, 2.05) is 6.07 Å². The maximum absolute atomic E-state index is 12.1.